The second-order valence-electron chi connectivity index (χ2n) is 3.94. The monoisotopic (exact) mass is 204 g/mol. The van der Waals surface area contributed by atoms with Crippen molar-refractivity contribution in [3.8, 4) is 0 Å². The number of rotatable bonds is 1. The van der Waals surface area contributed by atoms with Gasteiger partial charge in [0.25, 0.3) is 11.6 Å². The largest absolute Gasteiger partial charge is 0.339 e. The van der Waals surface area contributed by atoms with Crippen LogP contribution in [0.4, 0.5) is 0 Å². The summed E-state index contributed by atoms with van der Waals surface area (Å²) in [6, 6.07) is 3.68. The predicted octanol–water partition coefficient (Wildman–Crippen LogP) is -0.666. The maximum Gasteiger partial charge on any atom is 0.283 e. The molecule has 0 aliphatic carbocycles. The Morgan fingerprint density at radius 1 is 1.60 bits per heavy atom. The summed E-state index contributed by atoms with van der Waals surface area (Å²) in [6.07, 6.45) is 1.75. The summed E-state index contributed by atoms with van der Waals surface area (Å²) in [7, 11) is 1.75. The fourth-order valence-electron chi connectivity index (χ4n) is 2.15. The molecule has 2 heterocycles. The lowest BCUT2D eigenvalue weighted by Crippen LogP contribution is -2.81. The number of quaternary nitrogens is 1. The Morgan fingerprint density at radius 3 is 3.13 bits per heavy atom. The highest BCUT2D eigenvalue weighted by Crippen LogP contribution is 2.19. The van der Waals surface area contributed by atoms with Crippen LogP contribution in [0, 0.1) is 6.57 Å². The minimum atomic E-state index is -0.0416. The third-order valence-corrected chi connectivity index (χ3v) is 3.01. The second kappa shape index (κ2) is 3.87. The highest BCUT2D eigenvalue weighted by atomic mass is 16.1. The zero-order valence-electron chi connectivity index (χ0n) is 8.68. The number of hydrogen-bond donors (Lipinski definition) is 1. The van der Waals surface area contributed by atoms with Gasteiger partial charge in [0.1, 0.15) is 5.92 Å². The van der Waals surface area contributed by atoms with Crippen molar-refractivity contribution in [2.24, 2.45) is 7.05 Å². The Balaban J connectivity index is 2.42. The lowest BCUT2D eigenvalue weighted by atomic mass is 9.96. The van der Waals surface area contributed by atoms with E-state index >= 15 is 0 Å². The van der Waals surface area contributed by atoms with E-state index in [0.717, 1.165) is 18.7 Å². The first kappa shape index (κ1) is 9.94. The molecule has 0 spiro atoms. The van der Waals surface area contributed by atoms with Crippen LogP contribution >= 0.6 is 0 Å². The van der Waals surface area contributed by atoms with E-state index in [9.17, 15) is 4.79 Å². The maximum absolute atomic E-state index is 11.9. The number of nitrogens with zero attached hydrogens (tertiary/aromatic N) is 2. The molecule has 0 radical (unpaired) electrons. The Labute approximate surface area is 88.4 Å². The van der Waals surface area contributed by atoms with Gasteiger partial charge in [0, 0.05) is 18.8 Å². The van der Waals surface area contributed by atoms with Crippen molar-refractivity contribution in [1.29, 1.82) is 0 Å². The molecule has 2 N–H and O–H groups in total. The summed E-state index contributed by atoms with van der Waals surface area (Å²) in [6.45, 7) is 8.77. The normalized spacial score (nSPS) is 25.1. The molecule has 1 aliphatic rings. The lowest BCUT2D eigenvalue weighted by Gasteiger charge is -2.07. The molecule has 4 nitrogen and oxygen atoms in total. The van der Waals surface area contributed by atoms with Crippen LogP contribution in [0.3, 0.4) is 0 Å². The van der Waals surface area contributed by atoms with Crippen LogP contribution < -0.4 is 10.9 Å². The third kappa shape index (κ3) is 1.66. The predicted molar refractivity (Wildman–Crippen MR) is 56.5 cm³/mol. The van der Waals surface area contributed by atoms with Crippen molar-refractivity contribution in [2.75, 3.05) is 13.1 Å². The van der Waals surface area contributed by atoms with E-state index in [0.29, 0.717) is 0 Å². The first-order valence-corrected chi connectivity index (χ1v) is 5.08. The number of pyridine rings is 1. The quantitative estimate of drug-likeness (QED) is 0.606. The van der Waals surface area contributed by atoms with Gasteiger partial charge >= 0.3 is 0 Å². The van der Waals surface area contributed by atoms with E-state index in [1.807, 2.05) is 12.1 Å². The first-order valence-electron chi connectivity index (χ1n) is 5.08. The van der Waals surface area contributed by atoms with Gasteiger partial charge in [-0.3, -0.25) is 4.79 Å². The number of aromatic nitrogens is 1. The van der Waals surface area contributed by atoms with Gasteiger partial charge in [0.15, 0.2) is 6.54 Å². The summed E-state index contributed by atoms with van der Waals surface area (Å²) < 4.78 is 1.58. The Bertz CT molecular complexity index is 458. The summed E-state index contributed by atoms with van der Waals surface area (Å²) in [5, 5.41) is 2.11. The summed E-state index contributed by atoms with van der Waals surface area (Å²) in [5.74, 6) is 0.0994. The number of hydrogen-bond acceptors (Lipinski definition) is 1. The molecule has 1 aromatic rings. The van der Waals surface area contributed by atoms with E-state index in [4.69, 9.17) is 6.57 Å². The zero-order valence-corrected chi connectivity index (χ0v) is 8.68. The first-order chi connectivity index (χ1) is 7.24. The average Bonchev–Trinajstić information content (AvgIpc) is 2.70. The van der Waals surface area contributed by atoms with Gasteiger partial charge in [-0.2, -0.15) is 0 Å². The highest BCUT2D eigenvalue weighted by molar-refractivity contribution is 5.20. The van der Waals surface area contributed by atoms with E-state index in [-0.39, 0.29) is 17.5 Å². The Morgan fingerprint density at radius 2 is 2.40 bits per heavy atom. The van der Waals surface area contributed by atoms with Crippen molar-refractivity contribution in [1.82, 2.24) is 4.57 Å². The molecule has 78 valence electrons. The van der Waals surface area contributed by atoms with Gasteiger partial charge in [0.05, 0.1) is 6.54 Å². The summed E-state index contributed by atoms with van der Waals surface area (Å²) >= 11 is 0. The topological polar surface area (TPSA) is 43.0 Å². The molecule has 2 rings (SSSR count). The van der Waals surface area contributed by atoms with E-state index in [1.165, 1.54) is 0 Å². The molecule has 0 aromatic carbocycles. The van der Waals surface area contributed by atoms with E-state index in [1.54, 1.807) is 17.8 Å². The van der Waals surface area contributed by atoms with Crippen molar-refractivity contribution in [3.05, 3.63) is 45.7 Å². The van der Waals surface area contributed by atoms with Gasteiger partial charge in [0.2, 0.25) is 0 Å². The van der Waals surface area contributed by atoms with Crippen molar-refractivity contribution >= 4 is 0 Å². The van der Waals surface area contributed by atoms with Gasteiger partial charge in [-0.05, 0) is 6.07 Å². The maximum atomic E-state index is 11.9. The Kier molecular flexibility index (Phi) is 2.57. The summed E-state index contributed by atoms with van der Waals surface area (Å²) in [4.78, 5) is 15.5. The molecule has 0 amide bonds. The molecule has 1 aliphatic heterocycles. The lowest BCUT2D eigenvalue weighted by molar-refractivity contribution is -0.636. The average molecular weight is 204 g/mol. The highest BCUT2D eigenvalue weighted by Gasteiger charge is 2.38. The SMILES string of the molecule is [C-]#[N+][C@@H]1C[NH2+]CC1c1cccn(C)c1=O. The summed E-state index contributed by atoms with van der Waals surface area (Å²) in [5.41, 5.74) is 0.821. The van der Waals surface area contributed by atoms with Crippen LogP contribution in [0.25, 0.3) is 4.85 Å². The third-order valence-electron chi connectivity index (χ3n) is 3.01. The molecule has 1 fully saturated rings. The van der Waals surface area contributed by atoms with Crippen LogP contribution in [0.2, 0.25) is 0 Å². The fraction of sp³-hybridized carbons (Fsp3) is 0.455. The molecular formula is C11H14N3O+. The standard InChI is InChI=1S/C11H13N3O/c1-12-10-7-13-6-9(10)8-4-3-5-14(2)11(8)15/h3-5,9-10,13H,6-7H2,2H3/p+1/t9?,10-/m1/s1. The molecular weight excluding hydrogens is 190 g/mol. The van der Waals surface area contributed by atoms with Crippen LogP contribution in [-0.2, 0) is 7.05 Å². The number of aryl methyl sites for hydroxylation is 1. The van der Waals surface area contributed by atoms with Crippen LogP contribution in [-0.4, -0.2) is 23.7 Å². The Hall–Kier alpha value is -1.60. The van der Waals surface area contributed by atoms with E-state index in [2.05, 4.69) is 10.2 Å². The molecule has 1 unspecified atom stereocenters. The van der Waals surface area contributed by atoms with E-state index < -0.39 is 0 Å². The van der Waals surface area contributed by atoms with Crippen molar-refractivity contribution in [2.45, 2.75) is 12.0 Å². The zero-order chi connectivity index (χ0) is 10.8. The number of nitrogens with two attached hydrogens (primary N) is 1. The van der Waals surface area contributed by atoms with Crippen molar-refractivity contribution in [3.63, 3.8) is 0 Å². The molecule has 1 saturated heterocycles. The van der Waals surface area contributed by atoms with Crippen molar-refractivity contribution < 1.29 is 5.32 Å². The van der Waals surface area contributed by atoms with Crippen LogP contribution in [0.15, 0.2) is 23.1 Å². The van der Waals surface area contributed by atoms with Gasteiger partial charge in [-0.25, -0.2) is 6.57 Å². The minimum Gasteiger partial charge on any atom is -0.339 e. The molecule has 15 heavy (non-hydrogen) atoms. The molecule has 1 aromatic heterocycles. The smallest absolute Gasteiger partial charge is 0.283 e. The van der Waals surface area contributed by atoms with Gasteiger partial charge in [-0.15, -0.1) is 0 Å². The molecule has 0 bridgehead atoms. The second-order valence-corrected chi connectivity index (χ2v) is 3.94. The fourth-order valence-corrected chi connectivity index (χ4v) is 2.15. The van der Waals surface area contributed by atoms with Crippen LogP contribution in [0.1, 0.15) is 11.5 Å². The molecule has 0 saturated carbocycles. The van der Waals surface area contributed by atoms with Gasteiger partial charge < -0.3 is 14.7 Å². The van der Waals surface area contributed by atoms with Gasteiger partial charge in [-0.1, -0.05) is 6.07 Å². The molecule has 4 heteroatoms. The minimum absolute atomic E-state index is 0.0338. The van der Waals surface area contributed by atoms with Crippen LogP contribution in [0.5, 0.6) is 0 Å². The molecule has 2 atom stereocenters.